The highest BCUT2D eigenvalue weighted by Gasteiger charge is 2.27. The molecule has 0 aliphatic rings. The number of hydrogen-bond acceptors (Lipinski definition) is 0. The van der Waals surface area contributed by atoms with Crippen LogP contribution in [-0.2, 0) is 0 Å². The Hall–Kier alpha value is -0.606. The Kier molecular flexibility index (Phi) is 13.2. The van der Waals surface area contributed by atoms with Crippen molar-refractivity contribution in [1.82, 2.24) is 0 Å². The summed E-state index contributed by atoms with van der Waals surface area (Å²) in [6.45, 7) is 19.4. The molecule has 0 nitrogen and oxygen atoms in total. The molecule has 1 aromatic rings. The van der Waals surface area contributed by atoms with Gasteiger partial charge in [0.1, 0.15) is 0 Å². The summed E-state index contributed by atoms with van der Waals surface area (Å²) >= 11 is 0. The lowest BCUT2D eigenvalue weighted by Gasteiger charge is -2.28. The van der Waals surface area contributed by atoms with E-state index < -0.39 is 16.1 Å². The molecular weight excluding hydrogens is 392 g/mol. The fourth-order valence-corrected chi connectivity index (χ4v) is 9.40. The first kappa shape index (κ1) is 27.4. The van der Waals surface area contributed by atoms with Gasteiger partial charge in [0.25, 0.3) is 0 Å². The summed E-state index contributed by atoms with van der Waals surface area (Å²) in [4.78, 5) is 0. The standard InChI is InChI=1S/C28H52Si2/c1-8-10-12-14-16-18-23-29(4,5)26(3)27-21-20-22-28(25-27)30(6,7)24-19-17-15-13-11-9-2/h20-22,25H,3,8-19,23-24H2,1-2,4-7H3. The van der Waals surface area contributed by atoms with E-state index in [0.717, 1.165) is 0 Å². The van der Waals surface area contributed by atoms with Crippen molar-refractivity contribution in [2.24, 2.45) is 0 Å². The molecule has 0 saturated heterocycles. The first-order chi connectivity index (χ1) is 14.2. The van der Waals surface area contributed by atoms with Gasteiger partial charge in [-0.05, 0) is 5.56 Å². The van der Waals surface area contributed by atoms with Crippen LogP contribution in [0.25, 0.3) is 5.20 Å². The van der Waals surface area contributed by atoms with Gasteiger partial charge < -0.3 is 0 Å². The highest BCUT2D eigenvalue weighted by Crippen LogP contribution is 2.30. The number of unbranched alkanes of at least 4 members (excludes halogenated alkanes) is 10. The first-order valence-electron chi connectivity index (χ1n) is 13.0. The van der Waals surface area contributed by atoms with Crippen LogP contribution in [0.3, 0.4) is 0 Å². The average molecular weight is 445 g/mol. The smallest absolute Gasteiger partial charge is 0.0806 e. The maximum atomic E-state index is 4.63. The van der Waals surface area contributed by atoms with Crippen molar-refractivity contribution < 1.29 is 0 Å². The minimum absolute atomic E-state index is 1.34. The summed E-state index contributed by atoms with van der Waals surface area (Å²) in [6, 6.07) is 12.4. The van der Waals surface area contributed by atoms with E-state index in [1.54, 1.807) is 5.19 Å². The Morgan fingerprint density at radius 3 is 1.77 bits per heavy atom. The van der Waals surface area contributed by atoms with Crippen LogP contribution in [0.2, 0.25) is 38.3 Å². The highest BCUT2D eigenvalue weighted by molar-refractivity contribution is 6.94. The SMILES string of the molecule is C=C(c1cccc([Si](C)(C)CCCCCCCC)c1)[Si](C)(C)CCCCCCCC. The molecule has 0 unspecified atom stereocenters. The minimum Gasteiger partial charge on any atom is -0.0992 e. The van der Waals surface area contributed by atoms with E-state index in [-0.39, 0.29) is 0 Å². The maximum Gasteiger partial charge on any atom is 0.0806 e. The third-order valence-electron chi connectivity index (χ3n) is 7.12. The second kappa shape index (κ2) is 14.5. The largest absolute Gasteiger partial charge is 0.0992 e. The molecule has 172 valence electrons. The van der Waals surface area contributed by atoms with Crippen molar-refractivity contribution in [2.75, 3.05) is 0 Å². The van der Waals surface area contributed by atoms with Gasteiger partial charge in [-0.15, -0.1) is 0 Å². The lowest BCUT2D eigenvalue weighted by atomic mass is 10.1. The molecule has 0 heterocycles. The van der Waals surface area contributed by atoms with Crippen molar-refractivity contribution in [3.63, 3.8) is 0 Å². The van der Waals surface area contributed by atoms with Gasteiger partial charge in [-0.25, -0.2) is 0 Å². The van der Waals surface area contributed by atoms with E-state index in [1.807, 2.05) is 0 Å². The molecule has 0 aromatic heterocycles. The van der Waals surface area contributed by atoms with Gasteiger partial charge in [-0.1, -0.05) is 170 Å². The van der Waals surface area contributed by atoms with Gasteiger partial charge >= 0.3 is 0 Å². The molecule has 0 saturated carbocycles. The normalized spacial score (nSPS) is 12.3. The zero-order valence-electron chi connectivity index (χ0n) is 21.4. The molecule has 1 aromatic carbocycles. The second-order valence-corrected chi connectivity index (χ2v) is 20.6. The molecule has 0 spiro atoms. The summed E-state index contributed by atoms with van der Waals surface area (Å²) in [5.74, 6) is 0. The van der Waals surface area contributed by atoms with Crippen molar-refractivity contribution in [2.45, 2.75) is 129 Å². The minimum atomic E-state index is -1.42. The zero-order chi connectivity index (χ0) is 22.5. The molecule has 1 rings (SSSR count). The van der Waals surface area contributed by atoms with E-state index >= 15 is 0 Å². The molecule has 0 aliphatic heterocycles. The van der Waals surface area contributed by atoms with Crippen molar-refractivity contribution in [3.8, 4) is 0 Å². The van der Waals surface area contributed by atoms with Gasteiger partial charge in [0.2, 0.25) is 0 Å². The summed E-state index contributed by atoms with van der Waals surface area (Å²) in [6.07, 6.45) is 16.8. The third kappa shape index (κ3) is 10.1. The Morgan fingerprint density at radius 2 is 1.20 bits per heavy atom. The predicted octanol–water partition coefficient (Wildman–Crippen LogP) is 9.58. The summed E-state index contributed by atoms with van der Waals surface area (Å²) in [5.41, 5.74) is 1.44. The quantitative estimate of drug-likeness (QED) is 0.166. The van der Waals surface area contributed by atoms with Crippen LogP contribution in [-0.4, -0.2) is 16.1 Å². The van der Waals surface area contributed by atoms with E-state index in [2.05, 4.69) is 70.9 Å². The van der Waals surface area contributed by atoms with Gasteiger partial charge in [0.15, 0.2) is 0 Å². The van der Waals surface area contributed by atoms with E-state index in [1.165, 1.54) is 99.9 Å². The molecule has 0 bridgehead atoms. The Labute approximate surface area is 192 Å². The predicted molar refractivity (Wildman–Crippen MR) is 146 cm³/mol. The van der Waals surface area contributed by atoms with E-state index in [0.29, 0.717) is 0 Å². The van der Waals surface area contributed by atoms with Crippen molar-refractivity contribution >= 4 is 26.5 Å². The number of benzene rings is 1. The number of rotatable bonds is 17. The number of hydrogen-bond donors (Lipinski definition) is 0. The van der Waals surface area contributed by atoms with Crippen LogP contribution in [0.4, 0.5) is 0 Å². The lowest BCUT2D eigenvalue weighted by Crippen LogP contribution is -2.41. The fraction of sp³-hybridized carbons (Fsp3) is 0.714. The van der Waals surface area contributed by atoms with E-state index in [9.17, 15) is 0 Å². The Bertz CT molecular complexity index is 600. The zero-order valence-corrected chi connectivity index (χ0v) is 23.4. The average Bonchev–Trinajstić information content (AvgIpc) is 2.72. The fourth-order valence-electron chi connectivity index (χ4n) is 4.51. The van der Waals surface area contributed by atoms with Crippen LogP contribution in [0.15, 0.2) is 30.8 Å². The molecule has 0 atom stereocenters. The molecule has 0 radical (unpaired) electrons. The topological polar surface area (TPSA) is 0 Å². The van der Waals surface area contributed by atoms with Crippen LogP contribution in [0.5, 0.6) is 0 Å². The van der Waals surface area contributed by atoms with Crippen LogP contribution >= 0.6 is 0 Å². The lowest BCUT2D eigenvalue weighted by molar-refractivity contribution is 0.623. The van der Waals surface area contributed by atoms with E-state index in [4.69, 9.17) is 0 Å². The summed E-state index contributed by atoms with van der Waals surface area (Å²) in [7, 11) is -2.78. The molecule has 2 heteroatoms. The second-order valence-electron chi connectivity index (χ2n) is 10.9. The van der Waals surface area contributed by atoms with Gasteiger partial charge in [-0.3, -0.25) is 0 Å². The molecule has 30 heavy (non-hydrogen) atoms. The molecule has 0 aliphatic carbocycles. The Morgan fingerprint density at radius 1 is 0.700 bits per heavy atom. The highest BCUT2D eigenvalue weighted by atomic mass is 28.3. The molecule has 0 N–H and O–H groups in total. The Balaban J connectivity index is 2.62. The monoisotopic (exact) mass is 444 g/mol. The third-order valence-corrected chi connectivity index (χ3v) is 14.1. The van der Waals surface area contributed by atoms with Gasteiger partial charge in [0.05, 0.1) is 16.1 Å². The molecular formula is C28H52Si2. The van der Waals surface area contributed by atoms with Crippen LogP contribution in [0, 0.1) is 0 Å². The van der Waals surface area contributed by atoms with Crippen molar-refractivity contribution in [1.29, 1.82) is 0 Å². The van der Waals surface area contributed by atoms with Gasteiger partial charge in [0, 0.05) is 0 Å². The molecule has 0 amide bonds. The van der Waals surface area contributed by atoms with Gasteiger partial charge in [-0.2, -0.15) is 0 Å². The summed E-state index contributed by atoms with van der Waals surface area (Å²) < 4.78 is 0. The summed E-state index contributed by atoms with van der Waals surface area (Å²) in [5, 5.41) is 3.11. The maximum absolute atomic E-state index is 4.63. The van der Waals surface area contributed by atoms with Crippen LogP contribution < -0.4 is 5.19 Å². The van der Waals surface area contributed by atoms with Crippen molar-refractivity contribution in [3.05, 3.63) is 36.4 Å². The van der Waals surface area contributed by atoms with Crippen LogP contribution in [0.1, 0.15) is 96.5 Å². The first-order valence-corrected chi connectivity index (χ1v) is 19.5. The molecule has 0 fully saturated rings.